The van der Waals surface area contributed by atoms with Gasteiger partial charge in [-0.1, -0.05) is 44.6 Å². The first-order valence-electron chi connectivity index (χ1n) is 9.92. The van der Waals surface area contributed by atoms with Gasteiger partial charge in [0.1, 0.15) is 0 Å². The van der Waals surface area contributed by atoms with E-state index in [4.69, 9.17) is 0 Å². The average molecular weight is 400 g/mol. The Kier molecular flexibility index (Phi) is 6.44. The molecule has 1 spiro atoms. The summed E-state index contributed by atoms with van der Waals surface area (Å²) in [7, 11) is 0. The summed E-state index contributed by atoms with van der Waals surface area (Å²) in [6.07, 6.45) is 8.33. The van der Waals surface area contributed by atoms with Gasteiger partial charge in [0.15, 0.2) is 0 Å². The Bertz CT molecular complexity index is 666. The molecule has 0 radical (unpaired) electrons. The summed E-state index contributed by atoms with van der Waals surface area (Å²) in [4.78, 5) is 13.4. The molecule has 150 valence electrons. The van der Waals surface area contributed by atoms with Crippen molar-refractivity contribution in [3.63, 3.8) is 0 Å². The molecule has 0 bridgehead atoms. The fraction of sp³-hybridized carbons (Fsp3) is 0.667. The molecule has 0 saturated heterocycles. The highest BCUT2D eigenvalue weighted by atomic mass is 32.2. The highest BCUT2D eigenvalue weighted by Gasteiger charge is 2.44. The van der Waals surface area contributed by atoms with E-state index in [2.05, 4.69) is 5.32 Å². The van der Waals surface area contributed by atoms with Gasteiger partial charge in [-0.25, -0.2) is 0 Å². The third-order valence-corrected chi connectivity index (χ3v) is 7.12. The Hall–Kier alpha value is -1.17. The molecule has 3 rings (SSSR count). The van der Waals surface area contributed by atoms with Crippen LogP contribution in [0.1, 0.15) is 80.1 Å². The summed E-state index contributed by atoms with van der Waals surface area (Å²) in [6, 6.07) is 3.96. The number of amides is 1. The second kappa shape index (κ2) is 8.46. The molecule has 2 aliphatic carbocycles. The first kappa shape index (κ1) is 20.6. The minimum absolute atomic E-state index is 0.0147. The van der Waals surface area contributed by atoms with E-state index in [0.717, 1.165) is 51.0 Å². The van der Waals surface area contributed by atoms with E-state index >= 15 is 0 Å². The van der Waals surface area contributed by atoms with Crippen molar-refractivity contribution in [2.24, 2.45) is 5.41 Å². The maximum Gasteiger partial charge on any atom is 0.417 e. The Balaban J connectivity index is 1.86. The Morgan fingerprint density at radius 2 is 1.70 bits per heavy atom. The van der Waals surface area contributed by atoms with Crippen LogP contribution in [0.25, 0.3) is 0 Å². The number of alkyl halides is 3. The summed E-state index contributed by atoms with van der Waals surface area (Å²) in [5.41, 5.74) is -0.982. The van der Waals surface area contributed by atoms with E-state index in [1.165, 1.54) is 37.1 Å². The van der Waals surface area contributed by atoms with E-state index in [1.54, 1.807) is 12.3 Å². The monoisotopic (exact) mass is 399 g/mol. The van der Waals surface area contributed by atoms with Crippen LogP contribution in [0.15, 0.2) is 23.1 Å². The van der Waals surface area contributed by atoms with Crippen molar-refractivity contribution in [3.8, 4) is 0 Å². The molecule has 2 aliphatic rings. The molecule has 0 aliphatic heterocycles. The largest absolute Gasteiger partial charge is 0.417 e. The Morgan fingerprint density at radius 1 is 1.07 bits per heavy atom. The maximum atomic E-state index is 13.5. The molecular weight excluding hydrogens is 371 g/mol. The van der Waals surface area contributed by atoms with E-state index in [1.807, 2.05) is 0 Å². The van der Waals surface area contributed by atoms with Crippen LogP contribution in [-0.4, -0.2) is 18.2 Å². The van der Waals surface area contributed by atoms with Crippen LogP contribution in [0.4, 0.5) is 13.2 Å². The molecular formula is C21H28F3NOS. The zero-order valence-electron chi connectivity index (χ0n) is 15.8. The number of benzene rings is 1. The van der Waals surface area contributed by atoms with Crippen molar-refractivity contribution in [1.29, 1.82) is 0 Å². The van der Waals surface area contributed by atoms with Gasteiger partial charge in [-0.15, -0.1) is 11.8 Å². The van der Waals surface area contributed by atoms with Gasteiger partial charge in [0.2, 0.25) is 0 Å². The van der Waals surface area contributed by atoms with Gasteiger partial charge in [-0.2, -0.15) is 13.2 Å². The van der Waals surface area contributed by atoms with Crippen molar-refractivity contribution >= 4 is 17.7 Å². The highest BCUT2D eigenvalue weighted by molar-refractivity contribution is 7.98. The second-order valence-corrected chi connectivity index (χ2v) is 8.78. The van der Waals surface area contributed by atoms with Crippen LogP contribution in [0.2, 0.25) is 0 Å². The summed E-state index contributed by atoms with van der Waals surface area (Å²) >= 11 is 1.18. The van der Waals surface area contributed by atoms with Crippen molar-refractivity contribution in [1.82, 2.24) is 5.32 Å². The average Bonchev–Trinajstić information content (AvgIpc) is 2.99. The zero-order chi connectivity index (χ0) is 19.5. The van der Waals surface area contributed by atoms with Gasteiger partial charge >= 0.3 is 6.18 Å². The summed E-state index contributed by atoms with van der Waals surface area (Å²) in [6.45, 7) is 0. The topological polar surface area (TPSA) is 29.1 Å². The molecule has 2 nitrogen and oxygen atoms in total. The molecule has 6 heteroatoms. The van der Waals surface area contributed by atoms with Gasteiger partial charge in [-0.3, -0.25) is 4.79 Å². The minimum atomic E-state index is -4.54. The van der Waals surface area contributed by atoms with Crippen molar-refractivity contribution in [2.45, 2.75) is 81.3 Å². The third-order valence-electron chi connectivity index (χ3n) is 6.34. The molecule has 27 heavy (non-hydrogen) atoms. The quantitative estimate of drug-likeness (QED) is 0.593. The van der Waals surface area contributed by atoms with E-state index in [0.29, 0.717) is 4.90 Å². The number of hydrogen-bond acceptors (Lipinski definition) is 2. The number of rotatable bonds is 3. The molecule has 0 heterocycles. The van der Waals surface area contributed by atoms with Crippen LogP contribution < -0.4 is 5.32 Å². The Labute approximate surface area is 163 Å². The fourth-order valence-electron chi connectivity index (χ4n) is 4.97. The number of carbonyl (C=O) groups is 1. The number of halogens is 3. The van der Waals surface area contributed by atoms with Crippen molar-refractivity contribution in [2.75, 3.05) is 6.26 Å². The minimum Gasteiger partial charge on any atom is -0.349 e. The summed E-state index contributed by atoms with van der Waals surface area (Å²) in [5.74, 6) is -0.569. The molecule has 1 aromatic carbocycles. The van der Waals surface area contributed by atoms with Crippen LogP contribution in [0.3, 0.4) is 0 Å². The number of nitrogens with one attached hydrogen (secondary N) is 1. The van der Waals surface area contributed by atoms with Crippen LogP contribution >= 0.6 is 11.8 Å². The van der Waals surface area contributed by atoms with E-state index in [9.17, 15) is 18.0 Å². The van der Waals surface area contributed by atoms with Gasteiger partial charge in [0, 0.05) is 10.9 Å². The third kappa shape index (κ3) is 4.47. The lowest BCUT2D eigenvalue weighted by molar-refractivity contribution is -0.138. The van der Waals surface area contributed by atoms with Crippen LogP contribution in [-0.2, 0) is 6.18 Å². The predicted octanol–water partition coefficient (Wildman–Crippen LogP) is 6.44. The van der Waals surface area contributed by atoms with Crippen molar-refractivity contribution < 1.29 is 18.0 Å². The van der Waals surface area contributed by atoms with E-state index in [-0.39, 0.29) is 17.0 Å². The SMILES string of the molecule is CSc1cccc(C(F)(F)F)c1C(=O)N[C@H]1CCCC12CCCCCCC2. The van der Waals surface area contributed by atoms with Gasteiger partial charge in [0.25, 0.3) is 5.91 Å². The first-order chi connectivity index (χ1) is 12.9. The van der Waals surface area contributed by atoms with Crippen molar-refractivity contribution in [3.05, 3.63) is 29.3 Å². The lowest BCUT2D eigenvalue weighted by Gasteiger charge is -2.38. The maximum absolute atomic E-state index is 13.5. The molecule has 0 unspecified atom stereocenters. The molecule has 1 N–H and O–H groups in total. The second-order valence-electron chi connectivity index (χ2n) is 7.93. The van der Waals surface area contributed by atoms with Crippen LogP contribution in [0, 0.1) is 5.41 Å². The van der Waals surface area contributed by atoms with Gasteiger partial charge < -0.3 is 5.32 Å². The molecule has 1 aromatic rings. The van der Waals surface area contributed by atoms with Gasteiger partial charge in [0.05, 0.1) is 11.1 Å². The number of hydrogen-bond donors (Lipinski definition) is 1. The smallest absolute Gasteiger partial charge is 0.349 e. The molecule has 0 aromatic heterocycles. The van der Waals surface area contributed by atoms with E-state index < -0.39 is 17.6 Å². The lowest BCUT2D eigenvalue weighted by atomic mass is 9.72. The molecule has 2 saturated carbocycles. The normalized spacial score (nSPS) is 23.0. The number of carbonyl (C=O) groups excluding carboxylic acids is 1. The Morgan fingerprint density at radius 3 is 2.33 bits per heavy atom. The fourth-order valence-corrected chi connectivity index (χ4v) is 5.60. The summed E-state index contributed by atoms with van der Waals surface area (Å²) in [5, 5.41) is 3.04. The lowest BCUT2D eigenvalue weighted by Crippen LogP contribution is -2.45. The molecule has 1 atom stereocenters. The first-order valence-corrected chi connectivity index (χ1v) is 11.1. The van der Waals surface area contributed by atoms with Crippen LogP contribution in [0.5, 0.6) is 0 Å². The van der Waals surface area contributed by atoms with Gasteiger partial charge in [-0.05, 0) is 49.5 Å². The molecule has 1 amide bonds. The summed E-state index contributed by atoms with van der Waals surface area (Å²) < 4.78 is 40.5. The zero-order valence-corrected chi connectivity index (χ0v) is 16.6. The number of thioether (sulfide) groups is 1. The molecule has 2 fully saturated rings. The predicted molar refractivity (Wildman–Crippen MR) is 103 cm³/mol. The standard InChI is InChI=1S/C21H28F3NOS/c1-27-16-10-7-9-15(21(22,23)24)18(16)19(26)25-17-11-8-14-20(17)12-5-3-2-4-6-13-20/h7,9-10,17H,2-6,8,11-14H2,1H3,(H,25,26)/t17-/m0/s1. The highest BCUT2D eigenvalue weighted by Crippen LogP contribution is 2.48.